The van der Waals surface area contributed by atoms with Crippen LogP contribution < -0.4 is 9.52 Å². The standard InChI is InChI=1S/C16H19N3O4S2/c1-19-7-9-24-16(19)18-15(20)12-4-2-6-14(10-12)25(21,22)17-11-13-5-3-8-23-13/h2,4,6-7,9-10,13,17H,3,5,8,11H2,1H3. The minimum Gasteiger partial charge on any atom is -0.377 e. The quantitative estimate of drug-likeness (QED) is 0.845. The van der Waals surface area contributed by atoms with Crippen molar-refractivity contribution in [2.45, 2.75) is 23.8 Å². The van der Waals surface area contributed by atoms with E-state index in [4.69, 9.17) is 4.74 Å². The topological polar surface area (TPSA) is 89.8 Å². The van der Waals surface area contributed by atoms with Crippen molar-refractivity contribution in [3.63, 3.8) is 0 Å². The molecular formula is C16H19N3O4S2. The molecule has 9 heteroatoms. The molecule has 1 N–H and O–H groups in total. The van der Waals surface area contributed by atoms with Gasteiger partial charge in [-0.3, -0.25) is 4.79 Å². The molecule has 134 valence electrons. The number of aryl methyl sites for hydroxylation is 1. The van der Waals surface area contributed by atoms with Crippen molar-refractivity contribution >= 4 is 27.3 Å². The summed E-state index contributed by atoms with van der Waals surface area (Å²) in [5, 5.41) is 1.82. The van der Waals surface area contributed by atoms with E-state index in [0.29, 0.717) is 11.4 Å². The number of thiazole rings is 1. The van der Waals surface area contributed by atoms with Gasteiger partial charge in [-0.05, 0) is 31.0 Å². The summed E-state index contributed by atoms with van der Waals surface area (Å²) < 4.78 is 34.5. The number of nitrogens with zero attached hydrogens (tertiary/aromatic N) is 2. The molecule has 1 aliphatic heterocycles. The molecule has 1 aliphatic rings. The highest BCUT2D eigenvalue weighted by atomic mass is 32.2. The van der Waals surface area contributed by atoms with Gasteiger partial charge in [0.1, 0.15) is 0 Å². The summed E-state index contributed by atoms with van der Waals surface area (Å²) in [5.74, 6) is -0.478. The number of sulfonamides is 1. The van der Waals surface area contributed by atoms with Crippen molar-refractivity contribution in [3.05, 3.63) is 46.2 Å². The molecular weight excluding hydrogens is 362 g/mol. The molecule has 1 fully saturated rings. The lowest BCUT2D eigenvalue weighted by Crippen LogP contribution is -2.31. The van der Waals surface area contributed by atoms with Crippen molar-refractivity contribution in [1.82, 2.24) is 9.29 Å². The first-order chi connectivity index (χ1) is 12.0. The van der Waals surface area contributed by atoms with Crippen LogP contribution in [-0.4, -0.2) is 38.1 Å². The van der Waals surface area contributed by atoms with E-state index >= 15 is 0 Å². The van der Waals surface area contributed by atoms with Crippen LogP contribution in [0.5, 0.6) is 0 Å². The Morgan fingerprint density at radius 3 is 3.00 bits per heavy atom. The number of carbonyl (C=O) groups excluding carboxylic acids is 1. The normalized spacial score (nSPS) is 18.6. The molecule has 7 nitrogen and oxygen atoms in total. The SMILES string of the molecule is Cn1ccsc1=NC(=O)c1cccc(S(=O)(=O)NCC2CCCO2)c1. The largest absolute Gasteiger partial charge is 0.377 e. The number of ether oxygens (including phenoxy) is 1. The van der Waals surface area contributed by atoms with Crippen LogP contribution in [0.2, 0.25) is 0 Å². The van der Waals surface area contributed by atoms with Crippen LogP contribution in [0.4, 0.5) is 0 Å². The monoisotopic (exact) mass is 381 g/mol. The summed E-state index contributed by atoms with van der Waals surface area (Å²) in [5.41, 5.74) is 0.230. The molecule has 3 rings (SSSR count). The summed E-state index contributed by atoms with van der Waals surface area (Å²) in [6.07, 6.45) is 3.50. The molecule has 2 aromatic rings. The van der Waals surface area contributed by atoms with E-state index in [9.17, 15) is 13.2 Å². The molecule has 0 saturated carbocycles. The molecule has 0 bridgehead atoms. The molecule has 1 amide bonds. The van der Waals surface area contributed by atoms with Crippen molar-refractivity contribution in [3.8, 4) is 0 Å². The van der Waals surface area contributed by atoms with Gasteiger partial charge in [0.05, 0.1) is 11.0 Å². The van der Waals surface area contributed by atoms with E-state index in [2.05, 4.69) is 9.71 Å². The second-order valence-electron chi connectivity index (χ2n) is 5.73. The third kappa shape index (κ3) is 4.43. The smallest absolute Gasteiger partial charge is 0.279 e. The molecule has 1 saturated heterocycles. The van der Waals surface area contributed by atoms with E-state index in [-0.39, 0.29) is 23.1 Å². The molecule has 1 unspecified atom stereocenters. The van der Waals surface area contributed by atoms with E-state index < -0.39 is 15.9 Å². The minimum absolute atomic E-state index is 0.0436. The lowest BCUT2D eigenvalue weighted by Gasteiger charge is -2.11. The number of rotatable bonds is 5. The first-order valence-corrected chi connectivity index (χ1v) is 10.2. The third-order valence-corrected chi connectivity index (χ3v) is 6.14. The summed E-state index contributed by atoms with van der Waals surface area (Å²) in [7, 11) is -1.91. The molecule has 1 atom stereocenters. The van der Waals surface area contributed by atoms with Crippen LogP contribution in [0.1, 0.15) is 23.2 Å². The van der Waals surface area contributed by atoms with Crippen LogP contribution in [0, 0.1) is 0 Å². The summed E-state index contributed by atoms with van der Waals surface area (Å²) in [6.45, 7) is 0.897. The Bertz CT molecular complexity index is 925. The highest BCUT2D eigenvalue weighted by Gasteiger charge is 2.21. The van der Waals surface area contributed by atoms with Gasteiger partial charge in [0.15, 0.2) is 4.80 Å². The van der Waals surface area contributed by atoms with E-state index in [1.807, 2.05) is 5.38 Å². The molecule has 0 aliphatic carbocycles. The molecule has 25 heavy (non-hydrogen) atoms. The fraction of sp³-hybridized carbons (Fsp3) is 0.375. The predicted molar refractivity (Wildman–Crippen MR) is 93.8 cm³/mol. The first kappa shape index (κ1) is 18.0. The first-order valence-electron chi connectivity index (χ1n) is 7.86. The third-order valence-electron chi connectivity index (χ3n) is 3.87. The Hall–Kier alpha value is -1.81. The van der Waals surface area contributed by atoms with Crippen molar-refractivity contribution in [2.24, 2.45) is 12.0 Å². The summed E-state index contributed by atoms with van der Waals surface area (Å²) >= 11 is 1.34. The zero-order chi connectivity index (χ0) is 17.9. The number of aromatic nitrogens is 1. The summed E-state index contributed by atoms with van der Waals surface area (Å²) in [4.78, 5) is 16.9. The van der Waals surface area contributed by atoms with Gasteiger partial charge in [0, 0.05) is 37.3 Å². The Balaban J connectivity index is 1.78. The number of benzene rings is 1. The molecule has 1 aromatic heterocycles. The zero-order valence-electron chi connectivity index (χ0n) is 13.7. The van der Waals surface area contributed by atoms with Crippen LogP contribution >= 0.6 is 11.3 Å². The Morgan fingerprint density at radius 1 is 1.48 bits per heavy atom. The van der Waals surface area contributed by atoms with Crippen LogP contribution in [0.15, 0.2) is 45.7 Å². The predicted octanol–water partition coefficient (Wildman–Crippen LogP) is 1.28. The number of carbonyl (C=O) groups is 1. The van der Waals surface area contributed by atoms with Gasteiger partial charge in [-0.1, -0.05) is 6.07 Å². The minimum atomic E-state index is -3.70. The number of hydrogen-bond acceptors (Lipinski definition) is 5. The summed E-state index contributed by atoms with van der Waals surface area (Å²) in [6, 6.07) is 5.90. The highest BCUT2D eigenvalue weighted by molar-refractivity contribution is 7.89. The lowest BCUT2D eigenvalue weighted by atomic mass is 10.2. The Morgan fingerprint density at radius 2 is 2.32 bits per heavy atom. The fourth-order valence-corrected chi connectivity index (χ4v) is 4.31. The van der Waals surface area contributed by atoms with E-state index in [1.54, 1.807) is 23.9 Å². The van der Waals surface area contributed by atoms with Gasteiger partial charge in [0.2, 0.25) is 10.0 Å². The maximum absolute atomic E-state index is 12.4. The maximum Gasteiger partial charge on any atom is 0.279 e. The highest BCUT2D eigenvalue weighted by Crippen LogP contribution is 2.15. The van der Waals surface area contributed by atoms with Gasteiger partial charge < -0.3 is 9.30 Å². The van der Waals surface area contributed by atoms with E-state index in [1.165, 1.54) is 29.5 Å². The van der Waals surface area contributed by atoms with E-state index in [0.717, 1.165) is 12.8 Å². The second kappa shape index (κ2) is 7.61. The fourth-order valence-electron chi connectivity index (χ4n) is 2.47. The zero-order valence-corrected chi connectivity index (χ0v) is 15.3. The van der Waals surface area contributed by atoms with Gasteiger partial charge in [-0.15, -0.1) is 11.3 Å². The molecule has 0 spiro atoms. The van der Waals surface area contributed by atoms with Crippen LogP contribution in [0.3, 0.4) is 0 Å². The van der Waals surface area contributed by atoms with Crippen molar-refractivity contribution in [2.75, 3.05) is 13.2 Å². The average Bonchev–Trinajstić information content (AvgIpc) is 3.25. The molecule has 1 aromatic carbocycles. The molecule has 2 heterocycles. The Kier molecular flexibility index (Phi) is 5.48. The van der Waals surface area contributed by atoms with Crippen molar-refractivity contribution < 1.29 is 17.9 Å². The van der Waals surface area contributed by atoms with Crippen LogP contribution in [0.25, 0.3) is 0 Å². The Labute approximate surface area is 150 Å². The van der Waals surface area contributed by atoms with Gasteiger partial charge in [-0.2, -0.15) is 4.99 Å². The number of hydrogen-bond donors (Lipinski definition) is 1. The van der Waals surface area contributed by atoms with Crippen LogP contribution in [-0.2, 0) is 21.8 Å². The average molecular weight is 381 g/mol. The van der Waals surface area contributed by atoms with Crippen molar-refractivity contribution in [1.29, 1.82) is 0 Å². The number of amides is 1. The number of nitrogens with one attached hydrogen (secondary N) is 1. The maximum atomic E-state index is 12.4. The molecule has 0 radical (unpaired) electrons. The van der Waals surface area contributed by atoms with Gasteiger partial charge >= 0.3 is 0 Å². The van der Waals surface area contributed by atoms with Gasteiger partial charge in [0.25, 0.3) is 5.91 Å². The lowest BCUT2D eigenvalue weighted by molar-refractivity contribution is 0.0997. The second-order valence-corrected chi connectivity index (χ2v) is 8.37. The van der Waals surface area contributed by atoms with Gasteiger partial charge in [-0.25, -0.2) is 13.1 Å².